The fraction of sp³-hybridized carbons (Fsp3) is 0.308. The maximum Gasteiger partial charge on any atom is 0.255 e. The van der Waals surface area contributed by atoms with Crippen LogP contribution in [0.1, 0.15) is 28.4 Å². The first-order valence-electron chi connectivity index (χ1n) is 11.4. The number of amides is 1. The molecule has 9 heteroatoms. The third-order valence-electron chi connectivity index (χ3n) is 5.32. The molecule has 1 amide bonds. The van der Waals surface area contributed by atoms with Crippen LogP contribution in [0, 0.1) is 11.3 Å². The summed E-state index contributed by atoms with van der Waals surface area (Å²) in [5, 5.41) is 27.4. The fourth-order valence-corrected chi connectivity index (χ4v) is 4.20. The molecular formula is C26H30BrClN4O3. The van der Waals surface area contributed by atoms with E-state index in [9.17, 15) is 9.90 Å². The zero-order valence-electron chi connectivity index (χ0n) is 19.5. The number of halogens is 2. The number of allylic oxidation sites excluding steroid dienone is 1. The van der Waals surface area contributed by atoms with Crippen molar-refractivity contribution < 1.29 is 14.6 Å². The summed E-state index contributed by atoms with van der Waals surface area (Å²) in [5.41, 5.74) is 2.25. The lowest BCUT2D eigenvalue weighted by atomic mass is 10.0. The van der Waals surface area contributed by atoms with Gasteiger partial charge in [-0.2, -0.15) is 0 Å². The van der Waals surface area contributed by atoms with Gasteiger partial charge in [-0.15, -0.1) is 0 Å². The van der Waals surface area contributed by atoms with Crippen LogP contribution in [0.5, 0.6) is 5.75 Å². The van der Waals surface area contributed by atoms with E-state index in [0.717, 1.165) is 35.2 Å². The minimum Gasteiger partial charge on any atom is -0.513 e. The molecule has 0 atom stereocenters. The van der Waals surface area contributed by atoms with Gasteiger partial charge in [-0.05, 0) is 54.3 Å². The van der Waals surface area contributed by atoms with Crippen LogP contribution in [0.2, 0.25) is 5.02 Å². The van der Waals surface area contributed by atoms with Crippen LogP contribution in [0.4, 0.5) is 0 Å². The van der Waals surface area contributed by atoms with Gasteiger partial charge in [0.25, 0.3) is 5.91 Å². The maximum atomic E-state index is 13.0. The predicted octanol–water partition coefficient (Wildman–Crippen LogP) is 4.67. The number of hydrogen-bond acceptors (Lipinski definition) is 6. The van der Waals surface area contributed by atoms with Gasteiger partial charge in [-0.25, -0.2) is 0 Å². The number of carbonyl (C=O) groups is 1. The van der Waals surface area contributed by atoms with Crippen LogP contribution in [0.25, 0.3) is 12.2 Å². The normalized spacial score (nSPS) is 14.1. The topological polar surface area (TPSA) is 106 Å². The zero-order valence-corrected chi connectivity index (χ0v) is 21.9. The number of hydrogen-bond donors (Lipinski definition) is 5. The second-order valence-electron chi connectivity index (χ2n) is 8.34. The molecule has 0 aromatic heterocycles. The Bertz CT molecular complexity index is 1110. The van der Waals surface area contributed by atoms with Crippen molar-refractivity contribution in [1.29, 1.82) is 5.41 Å². The lowest BCUT2D eigenvalue weighted by Gasteiger charge is -2.27. The van der Waals surface area contributed by atoms with E-state index in [4.69, 9.17) is 21.7 Å². The number of carbonyl (C=O) groups excluding carboxylic acids is 1. The largest absolute Gasteiger partial charge is 0.513 e. The predicted molar refractivity (Wildman–Crippen MR) is 146 cm³/mol. The third kappa shape index (κ3) is 8.81. The SMILES string of the molecule is C/C(O)=C/C(=N)COc1ccc(/C=C/c2ccc(Cl)cc2Br)cc1C(=O)NCCNCC1CNC1. The molecule has 0 saturated carbocycles. The molecule has 2 aromatic carbocycles. The molecule has 1 fully saturated rings. The van der Waals surface area contributed by atoms with Crippen molar-refractivity contribution in [2.45, 2.75) is 6.92 Å². The molecular weight excluding hydrogens is 532 g/mol. The van der Waals surface area contributed by atoms with E-state index in [1.807, 2.05) is 36.4 Å². The summed E-state index contributed by atoms with van der Waals surface area (Å²) in [4.78, 5) is 13.0. The molecule has 7 nitrogen and oxygen atoms in total. The van der Waals surface area contributed by atoms with Crippen LogP contribution < -0.4 is 20.7 Å². The van der Waals surface area contributed by atoms with Gasteiger partial charge < -0.3 is 31.2 Å². The summed E-state index contributed by atoms with van der Waals surface area (Å²) in [6.45, 7) is 5.58. The van der Waals surface area contributed by atoms with Crippen LogP contribution in [-0.4, -0.2) is 56.1 Å². The Hall–Kier alpha value is -2.65. The number of aliphatic hydroxyl groups is 1. The first-order chi connectivity index (χ1) is 16.8. The van der Waals surface area contributed by atoms with Crippen molar-refractivity contribution in [1.82, 2.24) is 16.0 Å². The van der Waals surface area contributed by atoms with Gasteiger partial charge in [-0.1, -0.05) is 51.8 Å². The second kappa shape index (κ2) is 13.4. The molecule has 1 saturated heterocycles. The fourth-order valence-electron chi connectivity index (χ4n) is 3.39. The molecule has 0 radical (unpaired) electrons. The number of ether oxygens (including phenoxy) is 1. The number of rotatable bonds is 12. The summed E-state index contributed by atoms with van der Waals surface area (Å²) < 4.78 is 6.61. The Morgan fingerprint density at radius 3 is 2.74 bits per heavy atom. The van der Waals surface area contributed by atoms with Crippen molar-refractivity contribution in [3.05, 3.63) is 74.4 Å². The van der Waals surface area contributed by atoms with E-state index in [-0.39, 0.29) is 24.0 Å². The Balaban J connectivity index is 1.70. The molecule has 1 aliphatic heterocycles. The minimum absolute atomic E-state index is 0.0237. The van der Waals surface area contributed by atoms with Gasteiger partial charge >= 0.3 is 0 Å². The zero-order chi connectivity index (χ0) is 25.2. The quantitative estimate of drug-likeness (QED) is 0.112. The standard InChI is InChI=1S/C26H30BrClN4O3/c1-17(33)10-22(29)16-35-25-7-3-18(2-4-20-5-6-21(28)12-24(20)27)11-23(25)26(34)32-9-8-30-13-19-14-31-15-19/h2-7,10-12,19,29-31,33H,8-9,13-16H2,1H3,(H,32,34)/b4-2+,17-10-,29-22?. The monoisotopic (exact) mass is 560 g/mol. The summed E-state index contributed by atoms with van der Waals surface area (Å²) >= 11 is 9.53. The molecule has 0 unspecified atom stereocenters. The lowest BCUT2D eigenvalue weighted by Crippen LogP contribution is -2.48. The van der Waals surface area contributed by atoms with Gasteiger partial charge in [0, 0.05) is 42.2 Å². The van der Waals surface area contributed by atoms with Crippen LogP contribution in [-0.2, 0) is 0 Å². The maximum absolute atomic E-state index is 13.0. The van der Waals surface area contributed by atoms with Crippen molar-refractivity contribution in [3.63, 3.8) is 0 Å². The molecule has 1 heterocycles. The first-order valence-corrected chi connectivity index (χ1v) is 12.5. The highest BCUT2D eigenvalue weighted by atomic mass is 79.9. The highest BCUT2D eigenvalue weighted by Gasteiger charge is 2.16. The van der Waals surface area contributed by atoms with E-state index >= 15 is 0 Å². The summed E-state index contributed by atoms with van der Waals surface area (Å²) in [5.74, 6) is 0.794. The van der Waals surface area contributed by atoms with Crippen molar-refractivity contribution in [2.75, 3.05) is 39.3 Å². The van der Waals surface area contributed by atoms with Gasteiger partial charge in [0.1, 0.15) is 12.4 Å². The smallest absolute Gasteiger partial charge is 0.255 e. The molecule has 0 bridgehead atoms. The number of aliphatic hydroxyl groups excluding tert-OH is 1. The average Bonchev–Trinajstić information content (AvgIpc) is 2.78. The Morgan fingerprint density at radius 2 is 2.06 bits per heavy atom. The molecule has 35 heavy (non-hydrogen) atoms. The Labute approximate surface area is 219 Å². The highest BCUT2D eigenvalue weighted by molar-refractivity contribution is 9.10. The minimum atomic E-state index is -0.254. The van der Waals surface area contributed by atoms with Crippen LogP contribution >= 0.6 is 27.5 Å². The molecule has 186 valence electrons. The van der Waals surface area contributed by atoms with E-state index in [1.165, 1.54) is 13.0 Å². The summed E-state index contributed by atoms with van der Waals surface area (Å²) in [7, 11) is 0. The van der Waals surface area contributed by atoms with Crippen LogP contribution in [0.15, 0.2) is 52.7 Å². The Kier molecular flexibility index (Phi) is 10.3. The van der Waals surface area contributed by atoms with Crippen molar-refractivity contribution >= 4 is 51.3 Å². The van der Waals surface area contributed by atoms with Crippen molar-refractivity contribution in [2.24, 2.45) is 5.92 Å². The number of benzene rings is 2. The third-order valence-corrected chi connectivity index (χ3v) is 6.24. The summed E-state index contributed by atoms with van der Waals surface area (Å²) in [6, 6.07) is 10.9. The van der Waals surface area contributed by atoms with E-state index in [0.29, 0.717) is 35.3 Å². The molecule has 3 rings (SSSR count). The molecule has 1 aliphatic rings. The average molecular weight is 562 g/mol. The highest BCUT2D eigenvalue weighted by Crippen LogP contribution is 2.25. The first kappa shape index (κ1) is 26.9. The van der Waals surface area contributed by atoms with Crippen LogP contribution in [0.3, 0.4) is 0 Å². The second-order valence-corrected chi connectivity index (χ2v) is 9.63. The van der Waals surface area contributed by atoms with Gasteiger partial charge in [0.2, 0.25) is 0 Å². The summed E-state index contributed by atoms with van der Waals surface area (Å²) in [6.07, 6.45) is 5.15. The number of nitrogens with one attached hydrogen (secondary N) is 4. The van der Waals surface area contributed by atoms with Crippen molar-refractivity contribution in [3.8, 4) is 5.75 Å². The van der Waals surface area contributed by atoms with E-state index in [1.54, 1.807) is 12.1 Å². The van der Waals surface area contributed by atoms with Gasteiger partial charge in [0.15, 0.2) is 0 Å². The molecule has 5 N–H and O–H groups in total. The molecule has 2 aromatic rings. The molecule has 0 aliphatic carbocycles. The van der Waals surface area contributed by atoms with Gasteiger partial charge in [0.05, 0.1) is 17.0 Å². The lowest BCUT2D eigenvalue weighted by molar-refractivity contribution is 0.0950. The van der Waals surface area contributed by atoms with E-state index in [2.05, 4.69) is 31.9 Å². The van der Waals surface area contributed by atoms with E-state index < -0.39 is 0 Å². The molecule has 0 spiro atoms. The Morgan fingerprint density at radius 1 is 1.26 bits per heavy atom. The van der Waals surface area contributed by atoms with Gasteiger partial charge in [-0.3, -0.25) is 4.79 Å².